The molecule has 5 nitrogen and oxygen atoms in total. The van der Waals surface area contributed by atoms with Gasteiger partial charge in [-0.1, -0.05) is 13.8 Å². The topological polar surface area (TPSA) is 75.6 Å². The number of nitrogens with one attached hydrogen (secondary N) is 1. The second kappa shape index (κ2) is 5.49. The molecule has 0 aromatic rings. The Kier molecular flexibility index (Phi) is 5.07. The summed E-state index contributed by atoms with van der Waals surface area (Å²) in [7, 11) is 0. The van der Waals surface area contributed by atoms with Gasteiger partial charge in [-0.25, -0.2) is 9.59 Å². The van der Waals surface area contributed by atoms with Gasteiger partial charge in [-0.3, -0.25) is 0 Å². The smallest absolute Gasteiger partial charge is 0.408 e. The molecule has 1 amide bonds. The predicted molar refractivity (Wildman–Crippen MR) is 60.6 cm³/mol. The van der Waals surface area contributed by atoms with Gasteiger partial charge in [0.2, 0.25) is 0 Å². The molecule has 0 saturated carbocycles. The van der Waals surface area contributed by atoms with E-state index in [1.165, 1.54) is 13.8 Å². The molecule has 0 aliphatic heterocycles. The summed E-state index contributed by atoms with van der Waals surface area (Å²) in [5.41, 5.74) is -0.843. The van der Waals surface area contributed by atoms with Gasteiger partial charge in [0.15, 0.2) is 0 Å². The van der Waals surface area contributed by atoms with E-state index in [2.05, 4.69) is 0 Å². The average molecular weight is 267 g/mol. The van der Waals surface area contributed by atoms with E-state index < -0.39 is 35.5 Å². The summed E-state index contributed by atoms with van der Waals surface area (Å²) in [6, 6.07) is -1.83. The van der Waals surface area contributed by atoms with Crippen LogP contribution >= 0.6 is 0 Å². The highest BCUT2D eigenvalue weighted by Gasteiger charge is 2.50. The van der Waals surface area contributed by atoms with E-state index in [1.807, 2.05) is 5.32 Å². The number of amides is 1. The molecule has 2 N–H and O–H groups in total. The third kappa shape index (κ3) is 4.85. The zero-order chi connectivity index (χ0) is 14.7. The number of carboxylic acids is 1. The summed E-state index contributed by atoms with van der Waals surface area (Å²) in [6.45, 7) is 7.50. The Morgan fingerprint density at radius 1 is 1.22 bits per heavy atom. The number of carboxylic acid groups (broad SMARTS) is 1. The fourth-order valence-electron chi connectivity index (χ4n) is 1.24. The number of alkyl halides is 2. The summed E-state index contributed by atoms with van der Waals surface area (Å²) < 4.78 is 31.6. The first-order valence-corrected chi connectivity index (χ1v) is 5.48. The van der Waals surface area contributed by atoms with E-state index in [9.17, 15) is 18.4 Å². The van der Waals surface area contributed by atoms with Gasteiger partial charge in [0, 0.05) is 0 Å². The minimum atomic E-state index is -4.05. The van der Waals surface area contributed by atoms with Gasteiger partial charge in [0.05, 0.1) is 0 Å². The molecule has 0 aromatic carbocycles. The molecule has 0 spiro atoms. The van der Waals surface area contributed by atoms with Crippen molar-refractivity contribution in [2.45, 2.75) is 52.2 Å². The minimum Gasteiger partial charge on any atom is -0.477 e. The van der Waals surface area contributed by atoms with Gasteiger partial charge in [0.25, 0.3) is 0 Å². The van der Waals surface area contributed by atoms with E-state index in [1.54, 1.807) is 20.8 Å². The van der Waals surface area contributed by atoms with Crippen LogP contribution in [0.4, 0.5) is 13.6 Å². The number of ether oxygens (including phenoxy) is 1. The van der Waals surface area contributed by atoms with Crippen molar-refractivity contribution in [3.8, 4) is 0 Å². The number of hydrogen-bond acceptors (Lipinski definition) is 3. The van der Waals surface area contributed by atoms with Crippen LogP contribution in [0.5, 0.6) is 0 Å². The Bertz CT molecular complexity index is 323. The van der Waals surface area contributed by atoms with E-state index in [0.717, 1.165) is 0 Å². The lowest BCUT2D eigenvalue weighted by atomic mass is 9.98. The van der Waals surface area contributed by atoms with Gasteiger partial charge in [0.1, 0.15) is 11.6 Å². The van der Waals surface area contributed by atoms with Crippen LogP contribution in [-0.4, -0.2) is 34.7 Å². The van der Waals surface area contributed by atoms with Crippen LogP contribution in [0.3, 0.4) is 0 Å². The summed E-state index contributed by atoms with van der Waals surface area (Å²) in [4.78, 5) is 21.9. The average Bonchev–Trinajstić information content (AvgIpc) is 2.10. The van der Waals surface area contributed by atoms with Crippen LogP contribution in [0.15, 0.2) is 0 Å². The van der Waals surface area contributed by atoms with Gasteiger partial charge >= 0.3 is 18.0 Å². The Balaban J connectivity index is 4.86. The maximum Gasteiger partial charge on any atom is 0.408 e. The largest absolute Gasteiger partial charge is 0.477 e. The molecule has 0 unspecified atom stereocenters. The second-order valence-electron chi connectivity index (χ2n) is 5.30. The van der Waals surface area contributed by atoms with E-state index in [4.69, 9.17) is 9.84 Å². The van der Waals surface area contributed by atoms with Crippen molar-refractivity contribution in [2.75, 3.05) is 0 Å². The van der Waals surface area contributed by atoms with E-state index in [0.29, 0.717) is 0 Å². The summed E-state index contributed by atoms with van der Waals surface area (Å²) in [5.74, 6) is -7.09. The molecule has 0 bridgehead atoms. The molecule has 7 heteroatoms. The van der Waals surface area contributed by atoms with Crippen LogP contribution in [0.2, 0.25) is 0 Å². The Hall–Kier alpha value is -1.40. The van der Waals surface area contributed by atoms with Crippen LogP contribution in [0, 0.1) is 5.92 Å². The molecule has 0 fully saturated rings. The summed E-state index contributed by atoms with van der Waals surface area (Å²) in [6.07, 6.45) is -1.07. The van der Waals surface area contributed by atoms with E-state index in [-0.39, 0.29) is 0 Å². The van der Waals surface area contributed by atoms with Crippen molar-refractivity contribution < 1.29 is 28.2 Å². The second-order valence-corrected chi connectivity index (χ2v) is 5.30. The zero-order valence-electron chi connectivity index (χ0n) is 11.1. The number of carbonyl (C=O) groups excluding carboxylic acids is 1. The highest BCUT2D eigenvalue weighted by atomic mass is 19.3. The standard InChI is InChI=1S/C11H19F2NO4/c1-6(2)7(11(12,13)8(15)16)14-9(17)18-10(3,4)5/h6-7H,1-5H3,(H,14,17)(H,15,16)/t7-/m0/s1. The molecule has 18 heavy (non-hydrogen) atoms. The molecular weight excluding hydrogens is 248 g/mol. The van der Waals surface area contributed by atoms with Crippen molar-refractivity contribution in [2.24, 2.45) is 5.92 Å². The molecule has 0 saturated heterocycles. The summed E-state index contributed by atoms with van der Waals surface area (Å²) >= 11 is 0. The number of rotatable bonds is 4. The lowest BCUT2D eigenvalue weighted by Gasteiger charge is -2.29. The van der Waals surface area contributed by atoms with Crippen molar-refractivity contribution >= 4 is 12.1 Å². The molecule has 0 aliphatic carbocycles. The quantitative estimate of drug-likeness (QED) is 0.819. The van der Waals surface area contributed by atoms with Gasteiger partial charge in [-0.2, -0.15) is 8.78 Å². The SMILES string of the molecule is CC(C)[C@H](NC(=O)OC(C)(C)C)C(F)(F)C(=O)O. The third-order valence-electron chi connectivity index (χ3n) is 2.01. The number of alkyl carbamates (subject to hydrolysis) is 1. The lowest BCUT2D eigenvalue weighted by Crippen LogP contribution is -2.55. The predicted octanol–water partition coefficient (Wildman–Crippen LogP) is 2.26. The van der Waals surface area contributed by atoms with Crippen molar-refractivity contribution in [1.82, 2.24) is 5.32 Å². The first-order valence-electron chi connectivity index (χ1n) is 5.48. The Morgan fingerprint density at radius 3 is 1.94 bits per heavy atom. The zero-order valence-corrected chi connectivity index (χ0v) is 11.1. The molecule has 0 aliphatic rings. The third-order valence-corrected chi connectivity index (χ3v) is 2.01. The highest BCUT2D eigenvalue weighted by molar-refractivity contribution is 5.78. The number of halogens is 2. The van der Waals surface area contributed by atoms with Gasteiger partial charge in [-0.05, 0) is 26.7 Å². The fourth-order valence-corrected chi connectivity index (χ4v) is 1.24. The van der Waals surface area contributed by atoms with Crippen LogP contribution in [0.25, 0.3) is 0 Å². The molecule has 0 radical (unpaired) electrons. The fraction of sp³-hybridized carbons (Fsp3) is 0.818. The van der Waals surface area contributed by atoms with Crippen molar-refractivity contribution in [1.29, 1.82) is 0 Å². The minimum absolute atomic E-state index is 0.761. The highest BCUT2D eigenvalue weighted by Crippen LogP contribution is 2.25. The lowest BCUT2D eigenvalue weighted by molar-refractivity contribution is -0.171. The van der Waals surface area contributed by atoms with Crippen LogP contribution < -0.4 is 5.32 Å². The number of aliphatic carboxylic acids is 1. The van der Waals surface area contributed by atoms with Crippen LogP contribution in [-0.2, 0) is 9.53 Å². The molecule has 0 heterocycles. The number of carbonyl (C=O) groups is 2. The number of hydrogen-bond donors (Lipinski definition) is 2. The van der Waals surface area contributed by atoms with Gasteiger partial charge < -0.3 is 15.2 Å². The van der Waals surface area contributed by atoms with Crippen molar-refractivity contribution in [3.05, 3.63) is 0 Å². The van der Waals surface area contributed by atoms with Crippen LogP contribution in [0.1, 0.15) is 34.6 Å². The monoisotopic (exact) mass is 267 g/mol. The molecule has 0 aromatic heterocycles. The molecule has 1 atom stereocenters. The Labute approximate surface area is 105 Å². The summed E-state index contributed by atoms with van der Waals surface area (Å²) in [5, 5.41) is 10.4. The normalized spacial score (nSPS) is 14.2. The maximum absolute atomic E-state index is 13.4. The van der Waals surface area contributed by atoms with Gasteiger partial charge in [-0.15, -0.1) is 0 Å². The molecule has 0 rings (SSSR count). The maximum atomic E-state index is 13.4. The first-order chi connectivity index (χ1) is 7.88. The first kappa shape index (κ1) is 16.6. The Morgan fingerprint density at radius 2 is 1.67 bits per heavy atom. The molecular formula is C11H19F2NO4. The molecule has 106 valence electrons. The van der Waals surface area contributed by atoms with Crippen molar-refractivity contribution in [3.63, 3.8) is 0 Å². The van der Waals surface area contributed by atoms with E-state index >= 15 is 0 Å².